The van der Waals surface area contributed by atoms with Gasteiger partial charge in [-0.1, -0.05) is 44.2 Å². The minimum atomic E-state index is -0.265. The van der Waals surface area contributed by atoms with E-state index >= 15 is 0 Å². The molecule has 0 saturated heterocycles. The molecule has 3 aromatic rings. The van der Waals surface area contributed by atoms with Crippen molar-refractivity contribution >= 4 is 49.9 Å². The van der Waals surface area contributed by atoms with Crippen LogP contribution >= 0.6 is 15.9 Å². The first-order chi connectivity index (χ1) is 13.4. The van der Waals surface area contributed by atoms with Crippen molar-refractivity contribution < 1.29 is 14.3 Å². The molecule has 6 heteroatoms. The van der Waals surface area contributed by atoms with E-state index in [-0.39, 0.29) is 24.3 Å². The Balaban J connectivity index is 1.57. The Hall–Kier alpha value is -2.86. The summed E-state index contributed by atoms with van der Waals surface area (Å²) in [6, 6.07) is 18.7. The monoisotopic (exact) mass is 440 g/mol. The first-order valence-electron chi connectivity index (χ1n) is 8.95. The number of amides is 2. The summed E-state index contributed by atoms with van der Waals surface area (Å²) < 4.78 is 6.49. The number of benzene rings is 3. The summed E-state index contributed by atoms with van der Waals surface area (Å²) in [7, 11) is 0. The van der Waals surface area contributed by atoms with Crippen LogP contribution in [0, 0.1) is 5.92 Å². The average Bonchev–Trinajstić information content (AvgIpc) is 2.69. The van der Waals surface area contributed by atoms with Crippen LogP contribution in [-0.2, 0) is 9.59 Å². The molecule has 144 valence electrons. The number of ether oxygens (including phenoxy) is 1. The second-order valence-electron chi connectivity index (χ2n) is 6.66. The Morgan fingerprint density at radius 1 is 0.929 bits per heavy atom. The van der Waals surface area contributed by atoms with Crippen LogP contribution in [0.4, 0.5) is 11.4 Å². The van der Waals surface area contributed by atoms with E-state index in [2.05, 4.69) is 26.6 Å². The molecular formula is C22H21BrN2O3. The van der Waals surface area contributed by atoms with Gasteiger partial charge in [-0.3, -0.25) is 9.59 Å². The molecule has 0 bridgehead atoms. The van der Waals surface area contributed by atoms with Crippen molar-refractivity contribution in [2.75, 3.05) is 17.2 Å². The molecule has 0 aliphatic rings. The number of rotatable bonds is 6. The van der Waals surface area contributed by atoms with Gasteiger partial charge in [0.25, 0.3) is 5.91 Å². The van der Waals surface area contributed by atoms with Crippen LogP contribution in [0.2, 0.25) is 0 Å². The molecule has 0 aromatic heterocycles. The fraction of sp³-hybridized carbons (Fsp3) is 0.182. The van der Waals surface area contributed by atoms with Gasteiger partial charge in [0.2, 0.25) is 5.91 Å². The highest BCUT2D eigenvalue weighted by molar-refractivity contribution is 9.10. The average molecular weight is 441 g/mol. The third-order valence-electron chi connectivity index (χ3n) is 4.15. The number of hydrogen-bond donors (Lipinski definition) is 2. The summed E-state index contributed by atoms with van der Waals surface area (Å²) >= 11 is 3.55. The van der Waals surface area contributed by atoms with E-state index in [1.807, 2.05) is 50.2 Å². The molecule has 5 nitrogen and oxygen atoms in total. The van der Waals surface area contributed by atoms with Gasteiger partial charge in [-0.2, -0.15) is 0 Å². The predicted molar refractivity (Wildman–Crippen MR) is 116 cm³/mol. The number of carbonyl (C=O) groups excluding carboxylic acids is 2. The zero-order valence-corrected chi connectivity index (χ0v) is 17.2. The molecule has 28 heavy (non-hydrogen) atoms. The van der Waals surface area contributed by atoms with Crippen LogP contribution in [0.15, 0.2) is 65.1 Å². The lowest BCUT2D eigenvalue weighted by Crippen LogP contribution is -2.20. The topological polar surface area (TPSA) is 67.4 Å². The number of anilines is 2. The van der Waals surface area contributed by atoms with Crippen LogP contribution in [0.1, 0.15) is 13.8 Å². The number of nitrogens with one attached hydrogen (secondary N) is 2. The Morgan fingerprint density at radius 2 is 1.57 bits per heavy atom. The van der Waals surface area contributed by atoms with Crippen LogP contribution in [-0.4, -0.2) is 18.4 Å². The molecule has 0 fully saturated rings. The zero-order chi connectivity index (χ0) is 20.1. The number of halogens is 1. The SMILES string of the molecule is CC(C)C(=O)Nc1ccc(NC(=O)COc2ccc3ccccc3c2Br)cc1. The van der Waals surface area contributed by atoms with E-state index in [1.54, 1.807) is 24.3 Å². The van der Waals surface area contributed by atoms with Crippen LogP contribution in [0.25, 0.3) is 10.8 Å². The number of fused-ring (bicyclic) bond motifs is 1. The maximum absolute atomic E-state index is 12.2. The van der Waals surface area contributed by atoms with Gasteiger partial charge in [0, 0.05) is 17.3 Å². The van der Waals surface area contributed by atoms with Crippen LogP contribution in [0.3, 0.4) is 0 Å². The molecule has 2 amide bonds. The highest BCUT2D eigenvalue weighted by atomic mass is 79.9. The summed E-state index contributed by atoms with van der Waals surface area (Å²) in [4.78, 5) is 23.9. The third-order valence-corrected chi connectivity index (χ3v) is 4.97. The van der Waals surface area contributed by atoms with Gasteiger partial charge in [0.1, 0.15) is 5.75 Å². The number of carbonyl (C=O) groups is 2. The van der Waals surface area contributed by atoms with Crippen LogP contribution in [0.5, 0.6) is 5.75 Å². The molecule has 0 unspecified atom stereocenters. The van der Waals surface area contributed by atoms with Crippen molar-refractivity contribution in [2.24, 2.45) is 5.92 Å². The molecule has 0 aliphatic carbocycles. The minimum Gasteiger partial charge on any atom is -0.483 e. The van der Waals surface area contributed by atoms with E-state index < -0.39 is 0 Å². The van der Waals surface area contributed by atoms with E-state index in [0.717, 1.165) is 15.2 Å². The van der Waals surface area contributed by atoms with Crippen molar-refractivity contribution in [3.63, 3.8) is 0 Å². The minimum absolute atomic E-state index is 0.0499. The largest absolute Gasteiger partial charge is 0.483 e. The molecule has 3 aromatic carbocycles. The van der Waals surface area contributed by atoms with Gasteiger partial charge < -0.3 is 15.4 Å². The predicted octanol–water partition coefficient (Wildman–Crippen LogP) is 5.21. The van der Waals surface area contributed by atoms with Gasteiger partial charge in [0.15, 0.2) is 6.61 Å². The maximum Gasteiger partial charge on any atom is 0.262 e. The first kappa shape index (κ1) is 19.9. The first-order valence-corrected chi connectivity index (χ1v) is 9.74. The van der Waals surface area contributed by atoms with Gasteiger partial charge >= 0.3 is 0 Å². The van der Waals surface area contributed by atoms with Gasteiger partial charge in [-0.15, -0.1) is 0 Å². The smallest absolute Gasteiger partial charge is 0.262 e. The Labute approximate surface area is 172 Å². The zero-order valence-electron chi connectivity index (χ0n) is 15.7. The molecular weight excluding hydrogens is 420 g/mol. The normalized spacial score (nSPS) is 10.7. The number of hydrogen-bond acceptors (Lipinski definition) is 3. The second-order valence-corrected chi connectivity index (χ2v) is 7.45. The van der Waals surface area contributed by atoms with Crippen molar-refractivity contribution in [3.05, 3.63) is 65.1 Å². The quantitative estimate of drug-likeness (QED) is 0.552. The summed E-state index contributed by atoms with van der Waals surface area (Å²) in [5.74, 6) is 0.205. The van der Waals surface area contributed by atoms with Crippen molar-refractivity contribution in [2.45, 2.75) is 13.8 Å². The van der Waals surface area contributed by atoms with Gasteiger partial charge in [-0.05, 0) is 57.0 Å². The van der Waals surface area contributed by atoms with E-state index in [0.29, 0.717) is 17.1 Å². The lowest BCUT2D eigenvalue weighted by molar-refractivity contribution is -0.119. The molecule has 0 heterocycles. The highest BCUT2D eigenvalue weighted by Gasteiger charge is 2.10. The van der Waals surface area contributed by atoms with E-state index in [1.165, 1.54) is 0 Å². The van der Waals surface area contributed by atoms with Gasteiger partial charge in [-0.25, -0.2) is 0 Å². The lowest BCUT2D eigenvalue weighted by atomic mass is 10.1. The Bertz CT molecular complexity index is 1000. The summed E-state index contributed by atoms with van der Waals surface area (Å²) in [6.07, 6.45) is 0. The van der Waals surface area contributed by atoms with Crippen LogP contribution < -0.4 is 15.4 Å². The lowest BCUT2D eigenvalue weighted by Gasteiger charge is -2.11. The molecule has 0 saturated carbocycles. The summed E-state index contributed by atoms with van der Waals surface area (Å²) in [5, 5.41) is 7.71. The van der Waals surface area contributed by atoms with Crippen molar-refractivity contribution in [1.29, 1.82) is 0 Å². The molecule has 2 N–H and O–H groups in total. The molecule has 0 radical (unpaired) electrons. The van der Waals surface area contributed by atoms with Crippen molar-refractivity contribution in [1.82, 2.24) is 0 Å². The van der Waals surface area contributed by atoms with E-state index in [4.69, 9.17) is 4.74 Å². The fourth-order valence-electron chi connectivity index (χ4n) is 2.59. The van der Waals surface area contributed by atoms with E-state index in [9.17, 15) is 9.59 Å². The molecule has 0 aliphatic heterocycles. The third kappa shape index (κ3) is 4.89. The molecule has 0 atom stereocenters. The maximum atomic E-state index is 12.2. The summed E-state index contributed by atoms with van der Waals surface area (Å²) in [6.45, 7) is 3.55. The second kappa shape index (κ2) is 8.89. The molecule has 0 spiro atoms. The summed E-state index contributed by atoms with van der Waals surface area (Å²) in [5.41, 5.74) is 1.32. The molecule has 3 rings (SSSR count). The Morgan fingerprint density at radius 3 is 2.25 bits per heavy atom. The standard InChI is InChI=1S/C22H21BrN2O3/c1-14(2)22(27)25-17-10-8-16(9-11-17)24-20(26)13-28-19-12-7-15-5-3-4-6-18(15)21(19)23/h3-12,14H,13H2,1-2H3,(H,24,26)(H,25,27). The van der Waals surface area contributed by atoms with Crippen molar-refractivity contribution in [3.8, 4) is 5.75 Å². The van der Waals surface area contributed by atoms with Gasteiger partial charge in [0.05, 0.1) is 4.47 Å². The fourth-order valence-corrected chi connectivity index (χ4v) is 3.20. The Kier molecular flexibility index (Phi) is 6.31. The highest BCUT2D eigenvalue weighted by Crippen LogP contribution is 2.33.